The highest BCUT2D eigenvalue weighted by atomic mass is 16.1. The fourth-order valence-corrected chi connectivity index (χ4v) is 3.38. The number of H-pyrrole nitrogens is 2. The molecule has 0 atom stereocenters. The van der Waals surface area contributed by atoms with Crippen molar-refractivity contribution in [3.05, 3.63) is 81.1 Å². The maximum Gasteiger partial charge on any atom is 0.197 e. The van der Waals surface area contributed by atoms with Crippen molar-refractivity contribution in [2.45, 2.75) is 0 Å². The van der Waals surface area contributed by atoms with Crippen LogP contribution >= 0.6 is 0 Å². The Morgan fingerprint density at radius 1 is 0.500 bits per heavy atom. The van der Waals surface area contributed by atoms with Gasteiger partial charge in [0, 0.05) is 32.6 Å². The van der Waals surface area contributed by atoms with E-state index in [4.69, 9.17) is 0 Å². The van der Waals surface area contributed by atoms with Crippen LogP contribution in [-0.4, -0.2) is 9.97 Å². The molecule has 0 spiro atoms. The normalized spacial score (nSPS) is 11.7. The molecule has 0 saturated heterocycles. The second-order valence-corrected chi connectivity index (χ2v) is 5.91. The lowest BCUT2D eigenvalue weighted by Gasteiger charge is -2.08. The first-order chi connectivity index (χ1) is 11.7. The smallest absolute Gasteiger partial charge is 0.197 e. The summed E-state index contributed by atoms with van der Waals surface area (Å²) < 4.78 is 0. The maximum atomic E-state index is 12.8. The van der Waals surface area contributed by atoms with Crippen LogP contribution in [0.2, 0.25) is 0 Å². The van der Waals surface area contributed by atoms with Gasteiger partial charge in [-0.15, -0.1) is 0 Å². The van der Waals surface area contributed by atoms with E-state index >= 15 is 0 Å². The van der Waals surface area contributed by atoms with E-state index in [0.717, 1.165) is 11.0 Å². The van der Waals surface area contributed by atoms with Crippen molar-refractivity contribution in [1.29, 1.82) is 0 Å². The number of aromatic amines is 2. The van der Waals surface area contributed by atoms with Gasteiger partial charge in [-0.2, -0.15) is 0 Å². The molecule has 3 aromatic carbocycles. The molecule has 0 amide bonds. The van der Waals surface area contributed by atoms with Crippen LogP contribution in [0.25, 0.3) is 43.6 Å². The van der Waals surface area contributed by atoms with Gasteiger partial charge in [0.2, 0.25) is 0 Å². The predicted molar refractivity (Wildman–Crippen MR) is 97.7 cm³/mol. The number of benzene rings is 3. The highest BCUT2D eigenvalue weighted by Crippen LogP contribution is 2.23. The van der Waals surface area contributed by atoms with Crippen LogP contribution in [0.4, 0.5) is 0 Å². The van der Waals surface area contributed by atoms with E-state index in [0.29, 0.717) is 32.6 Å². The van der Waals surface area contributed by atoms with Gasteiger partial charge >= 0.3 is 0 Å². The molecule has 24 heavy (non-hydrogen) atoms. The van der Waals surface area contributed by atoms with Crippen LogP contribution < -0.4 is 10.9 Å². The molecule has 0 fully saturated rings. The topological polar surface area (TPSA) is 65.7 Å². The highest BCUT2D eigenvalue weighted by molar-refractivity contribution is 6.08. The molecule has 4 nitrogen and oxygen atoms in total. The fraction of sp³-hybridized carbons (Fsp3) is 0. The molecule has 0 aliphatic rings. The summed E-state index contributed by atoms with van der Waals surface area (Å²) >= 11 is 0. The Kier molecular flexibility index (Phi) is 2.48. The average molecular weight is 312 g/mol. The number of rotatable bonds is 0. The van der Waals surface area contributed by atoms with Crippen LogP contribution in [-0.2, 0) is 0 Å². The molecule has 4 heteroatoms. The minimum atomic E-state index is -0.0322. The first kappa shape index (κ1) is 13.1. The molecule has 0 bridgehead atoms. The van der Waals surface area contributed by atoms with Gasteiger partial charge in [-0.3, -0.25) is 9.59 Å². The van der Waals surface area contributed by atoms with Gasteiger partial charge in [0.05, 0.1) is 11.0 Å². The highest BCUT2D eigenvalue weighted by Gasteiger charge is 2.11. The third kappa shape index (κ3) is 1.62. The minimum Gasteiger partial charge on any atom is -0.353 e. The van der Waals surface area contributed by atoms with Crippen molar-refractivity contribution >= 4 is 43.6 Å². The number of nitrogens with one attached hydrogen (secondary N) is 2. The van der Waals surface area contributed by atoms with Gasteiger partial charge in [0.1, 0.15) is 0 Å². The van der Waals surface area contributed by atoms with Gasteiger partial charge in [-0.1, -0.05) is 24.3 Å². The predicted octanol–water partition coefficient (Wildman–Crippen LogP) is 3.68. The molecule has 0 aliphatic heterocycles. The van der Waals surface area contributed by atoms with Crippen molar-refractivity contribution < 1.29 is 0 Å². The Labute approximate surface area is 135 Å². The van der Waals surface area contributed by atoms with Crippen molar-refractivity contribution in [1.82, 2.24) is 9.97 Å². The zero-order valence-electron chi connectivity index (χ0n) is 12.6. The average Bonchev–Trinajstić information content (AvgIpc) is 2.62. The molecular weight excluding hydrogens is 300 g/mol. The van der Waals surface area contributed by atoms with Crippen LogP contribution in [0.5, 0.6) is 0 Å². The Morgan fingerprint density at radius 3 is 1.38 bits per heavy atom. The molecule has 114 valence electrons. The lowest BCUT2D eigenvalue weighted by atomic mass is 10.1. The van der Waals surface area contributed by atoms with E-state index in [-0.39, 0.29) is 10.9 Å². The summed E-state index contributed by atoms with van der Waals surface area (Å²) in [6, 6.07) is 18.3. The van der Waals surface area contributed by atoms with E-state index in [1.165, 1.54) is 0 Å². The summed E-state index contributed by atoms with van der Waals surface area (Å²) in [4.78, 5) is 32.2. The van der Waals surface area contributed by atoms with Gasteiger partial charge < -0.3 is 9.97 Å². The molecule has 2 heterocycles. The molecule has 0 saturated carbocycles. The van der Waals surface area contributed by atoms with Crippen molar-refractivity contribution in [3.8, 4) is 0 Å². The Balaban J connectivity index is 2.11. The van der Waals surface area contributed by atoms with Gasteiger partial charge in [-0.05, 0) is 36.4 Å². The van der Waals surface area contributed by atoms with Gasteiger partial charge in [0.15, 0.2) is 10.9 Å². The monoisotopic (exact) mass is 312 g/mol. The van der Waals surface area contributed by atoms with Crippen LogP contribution in [0, 0.1) is 0 Å². The van der Waals surface area contributed by atoms with Gasteiger partial charge in [-0.25, -0.2) is 0 Å². The maximum absolute atomic E-state index is 12.8. The van der Waals surface area contributed by atoms with Crippen LogP contribution in [0.3, 0.4) is 0 Å². The number of aromatic nitrogens is 2. The zero-order valence-corrected chi connectivity index (χ0v) is 12.6. The zero-order chi connectivity index (χ0) is 16.3. The van der Waals surface area contributed by atoms with Crippen molar-refractivity contribution in [2.75, 3.05) is 0 Å². The number of para-hydroxylation sites is 2. The summed E-state index contributed by atoms with van der Waals surface area (Å²) in [5, 5.41) is 2.44. The number of pyridine rings is 2. The molecule has 5 aromatic rings. The number of hydrogen-bond acceptors (Lipinski definition) is 2. The number of hydrogen-bond donors (Lipinski definition) is 2. The fourth-order valence-electron chi connectivity index (χ4n) is 3.38. The largest absolute Gasteiger partial charge is 0.353 e. The molecule has 2 aromatic heterocycles. The van der Waals surface area contributed by atoms with Crippen LogP contribution in [0.15, 0.2) is 70.3 Å². The van der Waals surface area contributed by atoms with Crippen molar-refractivity contribution in [3.63, 3.8) is 0 Å². The molecule has 0 unspecified atom stereocenters. The van der Waals surface area contributed by atoms with Crippen LogP contribution in [0.1, 0.15) is 0 Å². The minimum absolute atomic E-state index is 0.0322. The summed E-state index contributed by atoms with van der Waals surface area (Å²) in [5.41, 5.74) is 2.79. The second-order valence-electron chi connectivity index (χ2n) is 5.91. The standard InChI is InChI=1S/C20H12N2O2/c23-19-11-5-1-3-7-15(11)21-17-13(19)9-10-14-18(17)22-16-8-4-2-6-12(16)20(14)24/h1-10H,(H,21,23)(H,22,24). The first-order valence-electron chi connectivity index (χ1n) is 7.72. The van der Waals surface area contributed by atoms with E-state index in [1.807, 2.05) is 36.4 Å². The molecule has 2 N–H and O–H groups in total. The third-order valence-electron chi connectivity index (χ3n) is 4.56. The van der Waals surface area contributed by atoms with Crippen molar-refractivity contribution in [2.24, 2.45) is 0 Å². The van der Waals surface area contributed by atoms with Gasteiger partial charge in [0.25, 0.3) is 0 Å². The van der Waals surface area contributed by atoms with E-state index in [2.05, 4.69) is 9.97 Å². The van der Waals surface area contributed by atoms with E-state index in [1.54, 1.807) is 24.3 Å². The van der Waals surface area contributed by atoms with E-state index in [9.17, 15) is 9.59 Å². The second kappa shape index (κ2) is 4.55. The molecular formula is C20H12N2O2. The summed E-state index contributed by atoms with van der Waals surface area (Å²) in [7, 11) is 0. The Bertz CT molecular complexity index is 1290. The molecule has 5 rings (SSSR count). The first-order valence-corrected chi connectivity index (χ1v) is 7.72. The molecule has 0 radical (unpaired) electrons. The quantitative estimate of drug-likeness (QED) is 0.338. The summed E-state index contributed by atoms with van der Waals surface area (Å²) in [5.74, 6) is 0. The lowest BCUT2D eigenvalue weighted by Crippen LogP contribution is -2.08. The Hall–Kier alpha value is -3.40. The molecule has 0 aliphatic carbocycles. The van der Waals surface area contributed by atoms with E-state index < -0.39 is 0 Å². The number of fused-ring (bicyclic) bond motifs is 5. The summed E-state index contributed by atoms with van der Waals surface area (Å²) in [6.45, 7) is 0. The third-order valence-corrected chi connectivity index (χ3v) is 4.56. The summed E-state index contributed by atoms with van der Waals surface area (Å²) in [6.07, 6.45) is 0. The lowest BCUT2D eigenvalue weighted by molar-refractivity contribution is 1.44. The SMILES string of the molecule is O=c1c2ccccc2[nH]c2c1ccc1c(=O)c3ccccc3[nH]c12. The Morgan fingerprint density at radius 2 is 0.917 bits per heavy atom.